The Morgan fingerprint density at radius 1 is 1.15 bits per heavy atom. The van der Waals surface area contributed by atoms with Gasteiger partial charge in [0.15, 0.2) is 0 Å². The lowest BCUT2D eigenvalue weighted by Crippen LogP contribution is -2.35. The van der Waals surface area contributed by atoms with Crippen molar-refractivity contribution >= 4 is 11.6 Å². The van der Waals surface area contributed by atoms with Crippen LogP contribution in [-0.4, -0.2) is 24.2 Å². The zero-order valence-electron chi connectivity index (χ0n) is 11.9. The van der Waals surface area contributed by atoms with Crippen molar-refractivity contribution in [3.8, 4) is 0 Å². The number of unbranched alkanes of at least 4 members (excludes halogenated alkanes) is 3. The summed E-state index contributed by atoms with van der Waals surface area (Å²) in [5.41, 5.74) is 7.18. The normalized spacial score (nSPS) is 15.8. The van der Waals surface area contributed by atoms with E-state index in [1.165, 1.54) is 0 Å². The smallest absolute Gasteiger partial charge is 0.230 e. The number of nitrogens with two attached hydrogens (primary N) is 1. The van der Waals surface area contributed by atoms with Gasteiger partial charge in [-0.3, -0.25) is 4.79 Å². The van der Waals surface area contributed by atoms with Gasteiger partial charge < -0.3 is 16.2 Å². The zero-order chi connectivity index (χ0) is 14.4. The SMILES string of the molecule is Nc1ccc(C2(C(=O)NCCCCCCO)CC2)cc1. The van der Waals surface area contributed by atoms with Crippen molar-refractivity contribution < 1.29 is 9.90 Å². The fourth-order valence-electron chi connectivity index (χ4n) is 2.54. The zero-order valence-corrected chi connectivity index (χ0v) is 11.9. The molecular formula is C16H24N2O2. The van der Waals surface area contributed by atoms with E-state index >= 15 is 0 Å². The lowest BCUT2D eigenvalue weighted by Gasteiger charge is -2.16. The molecule has 0 aliphatic heterocycles. The molecule has 0 radical (unpaired) electrons. The van der Waals surface area contributed by atoms with Gasteiger partial charge >= 0.3 is 0 Å². The number of hydrogen-bond acceptors (Lipinski definition) is 3. The topological polar surface area (TPSA) is 75.4 Å². The summed E-state index contributed by atoms with van der Waals surface area (Å²) in [6, 6.07) is 7.64. The average molecular weight is 276 g/mol. The minimum absolute atomic E-state index is 0.143. The van der Waals surface area contributed by atoms with Gasteiger partial charge in [-0.05, 0) is 43.4 Å². The van der Waals surface area contributed by atoms with E-state index in [9.17, 15) is 4.79 Å². The molecule has 0 heterocycles. The largest absolute Gasteiger partial charge is 0.399 e. The quantitative estimate of drug-likeness (QED) is 0.502. The number of anilines is 1. The molecule has 110 valence electrons. The van der Waals surface area contributed by atoms with Gasteiger partial charge in [0, 0.05) is 18.8 Å². The van der Waals surface area contributed by atoms with E-state index in [2.05, 4.69) is 5.32 Å². The average Bonchev–Trinajstić information content (AvgIpc) is 3.25. The van der Waals surface area contributed by atoms with E-state index in [1.54, 1.807) is 0 Å². The highest BCUT2D eigenvalue weighted by atomic mass is 16.2. The van der Waals surface area contributed by atoms with Crippen molar-refractivity contribution in [3.05, 3.63) is 29.8 Å². The molecule has 0 bridgehead atoms. The lowest BCUT2D eigenvalue weighted by molar-refractivity contribution is -0.123. The summed E-state index contributed by atoms with van der Waals surface area (Å²) < 4.78 is 0. The Bertz CT molecular complexity index is 438. The van der Waals surface area contributed by atoms with Crippen LogP contribution >= 0.6 is 0 Å². The standard InChI is InChI=1S/C16H24N2O2/c17-14-7-5-13(6-8-14)16(9-10-16)15(20)18-11-3-1-2-4-12-19/h5-8,19H,1-4,9-12,17H2,(H,18,20). The van der Waals surface area contributed by atoms with Crippen molar-refractivity contribution in [2.45, 2.75) is 43.9 Å². The number of rotatable bonds is 8. The highest BCUT2D eigenvalue weighted by Gasteiger charge is 2.50. The highest BCUT2D eigenvalue weighted by molar-refractivity contribution is 5.91. The molecule has 2 rings (SSSR count). The third-order valence-corrected chi connectivity index (χ3v) is 4.02. The molecule has 0 unspecified atom stereocenters. The first-order valence-corrected chi connectivity index (χ1v) is 7.44. The fourth-order valence-corrected chi connectivity index (χ4v) is 2.54. The number of aliphatic hydroxyl groups excluding tert-OH is 1. The third-order valence-electron chi connectivity index (χ3n) is 4.02. The van der Waals surface area contributed by atoms with Gasteiger partial charge in [0.2, 0.25) is 5.91 Å². The number of carbonyl (C=O) groups excluding carboxylic acids is 1. The minimum atomic E-state index is -0.307. The highest BCUT2D eigenvalue weighted by Crippen LogP contribution is 2.48. The Morgan fingerprint density at radius 2 is 1.80 bits per heavy atom. The molecule has 0 atom stereocenters. The predicted octanol–water partition coefficient (Wildman–Crippen LogP) is 1.97. The number of amides is 1. The van der Waals surface area contributed by atoms with E-state index in [0.29, 0.717) is 0 Å². The molecule has 4 heteroatoms. The Hall–Kier alpha value is -1.55. The summed E-state index contributed by atoms with van der Waals surface area (Å²) >= 11 is 0. The molecule has 20 heavy (non-hydrogen) atoms. The van der Waals surface area contributed by atoms with E-state index < -0.39 is 0 Å². The molecule has 4 N–H and O–H groups in total. The first-order chi connectivity index (χ1) is 9.69. The molecule has 1 amide bonds. The Morgan fingerprint density at radius 3 is 2.40 bits per heavy atom. The molecule has 1 fully saturated rings. The number of nitrogens with one attached hydrogen (secondary N) is 1. The Balaban J connectivity index is 1.78. The maximum atomic E-state index is 12.3. The van der Waals surface area contributed by atoms with Crippen molar-refractivity contribution in [2.75, 3.05) is 18.9 Å². The molecular weight excluding hydrogens is 252 g/mol. The molecule has 0 aromatic heterocycles. The van der Waals surface area contributed by atoms with Crippen LogP contribution in [0.1, 0.15) is 44.1 Å². The van der Waals surface area contributed by atoms with Crippen LogP contribution in [-0.2, 0) is 10.2 Å². The van der Waals surface area contributed by atoms with Crippen molar-refractivity contribution in [3.63, 3.8) is 0 Å². The van der Waals surface area contributed by atoms with E-state index in [1.807, 2.05) is 24.3 Å². The summed E-state index contributed by atoms with van der Waals surface area (Å²) in [5.74, 6) is 0.143. The van der Waals surface area contributed by atoms with Crippen molar-refractivity contribution in [2.24, 2.45) is 0 Å². The fraction of sp³-hybridized carbons (Fsp3) is 0.562. The summed E-state index contributed by atoms with van der Waals surface area (Å²) in [7, 11) is 0. The number of benzene rings is 1. The van der Waals surface area contributed by atoms with Crippen LogP contribution in [0.25, 0.3) is 0 Å². The number of hydrogen-bond donors (Lipinski definition) is 3. The molecule has 1 aliphatic rings. The van der Waals surface area contributed by atoms with Crippen LogP contribution in [0.2, 0.25) is 0 Å². The van der Waals surface area contributed by atoms with Crippen LogP contribution in [0.4, 0.5) is 5.69 Å². The maximum absolute atomic E-state index is 12.3. The molecule has 1 aliphatic carbocycles. The summed E-state index contributed by atoms with van der Waals surface area (Å²) in [5, 5.41) is 11.7. The Labute approximate surface area is 120 Å². The summed E-state index contributed by atoms with van der Waals surface area (Å²) in [4.78, 5) is 12.3. The monoisotopic (exact) mass is 276 g/mol. The van der Waals surface area contributed by atoms with Crippen LogP contribution in [0.3, 0.4) is 0 Å². The molecule has 1 saturated carbocycles. The Kier molecular flexibility index (Phi) is 5.01. The van der Waals surface area contributed by atoms with E-state index in [0.717, 1.165) is 56.3 Å². The third kappa shape index (κ3) is 3.51. The minimum Gasteiger partial charge on any atom is -0.399 e. The van der Waals surface area contributed by atoms with Gasteiger partial charge in [-0.1, -0.05) is 25.0 Å². The van der Waals surface area contributed by atoms with Gasteiger partial charge in [0.05, 0.1) is 5.41 Å². The second-order valence-electron chi connectivity index (χ2n) is 5.60. The second-order valence-corrected chi connectivity index (χ2v) is 5.60. The predicted molar refractivity (Wildman–Crippen MR) is 80.3 cm³/mol. The van der Waals surface area contributed by atoms with Gasteiger partial charge in [-0.25, -0.2) is 0 Å². The molecule has 1 aromatic rings. The molecule has 4 nitrogen and oxygen atoms in total. The van der Waals surface area contributed by atoms with Gasteiger partial charge in [0.25, 0.3) is 0 Å². The van der Waals surface area contributed by atoms with Crippen LogP contribution in [0.15, 0.2) is 24.3 Å². The first kappa shape index (κ1) is 14.9. The molecule has 1 aromatic carbocycles. The van der Waals surface area contributed by atoms with E-state index in [4.69, 9.17) is 10.8 Å². The second kappa shape index (κ2) is 6.75. The van der Waals surface area contributed by atoms with Gasteiger partial charge in [-0.15, -0.1) is 0 Å². The summed E-state index contributed by atoms with van der Waals surface area (Å²) in [6.07, 6.45) is 5.75. The molecule has 0 spiro atoms. The maximum Gasteiger partial charge on any atom is 0.230 e. The van der Waals surface area contributed by atoms with Gasteiger partial charge in [0.1, 0.15) is 0 Å². The number of carbonyl (C=O) groups is 1. The molecule has 0 saturated heterocycles. The number of aliphatic hydroxyl groups is 1. The van der Waals surface area contributed by atoms with Crippen LogP contribution in [0.5, 0.6) is 0 Å². The number of nitrogen functional groups attached to an aromatic ring is 1. The summed E-state index contributed by atoms with van der Waals surface area (Å²) in [6.45, 7) is 0.980. The van der Waals surface area contributed by atoms with Crippen molar-refractivity contribution in [1.82, 2.24) is 5.32 Å². The van der Waals surface area contributed by atoms with Crippen molar-refractivity contribution in [1.29, 1.82) is 0 Å². The van der Waals surface area contributed by atoms with E-state index in [-0.39, 0.29) is 17.9 Å². The van der Waals surface area contributed by atoms with Crippen LogP contribution in [0, 0.1) is 0 Å². The van der Waals surface area contributed by atoms with Gasteiger partial charge in [-0.2, -0.15) is 0 Å². The lowest BCUT2D eigenvalue weighted by atomic mass is 9.94. The van der Waals surface area contributed by atoms with Crippen LogP contribution < -0.4 is 11.1 Å². The first-order valence-electron chi connectivity index (χ1n) is 7.44.